The van der Waals surface area contributed by atoms with Crippen molar-refractivity contribution >= 4 is 35.8 Å². The Bertz CT molecular complexity index is 556. The summed E-state index contributed by atoms with van der Waals surface area (Å²) in [6.07, 6.45) is 2.00. The summed E-state index contributed by atoms with van der Waals surface area (Å²) in [5.41, 5.74) is 0.583. The number of carbonyl (C=O) groups excluding carboxylic acids is 1. The lowest BCUT2D eigenvalue weighted by molar-refractivity contribution is 0.0954. The Hall–Kier alpha value is -1.55. The van der Waals surface area contributed by atoms with E-state index >= 15 is 0 Å². The molecule has 154 valence electrons. The molecule has 1 aromatic rings. The number of ether oxygens (including phenoxy) is 2. The largest absolute Gasteiger partial charge is 0.497 e. The van der Waals surface area contributed by atoms with Gasteiger partial charge in [-0.3, -0.25) is 9.79 Å². The van der Waals surface area contributed by atoms with Gasteiger partial charge in [0.25, 0.3) is 5.91 Å². The third kappa shape index (κ3) is 11.7. The van der Waals surface area contributed by atoms with Crippen molar-refractivity contribution in [2.24, 2.45) is 4.99 Å². The molecule has 3 N–H and O–H groups in total. The normalized spacial score (nSPS) is 10.7. The number of halogens is 1. The molecule has 0 bridgehead atoms. The van der Waals surface area contributed by atoms with Crippen molar-refractivity contribution in [1.82, 2.24) is 16.0 Å². The number of hydrogen-bond acceptors (Lipinski definition) is 4. The fourth-order valence-electron chi connectivity index (χ4n) is 2.22. The molecular weight excluding hydrogens is 459 g/mol. The van der Waals surface area contributed by atoms with E-state index in [9.17, 15) is 4.79 Å². The van der Waals surface area contributed by atoms with Crippen LogP contribution in [0.3, 0.4) is 0 Å². The van der Waals surface area contributed by atoms with E-state index in [1.54, 1.807) is 25.3 Å². The molecular formula is C19H33IN4O3. The molecule has 0 atom stereocenters. The Morgan fingerprint density at radius 3 is 2.59 bits per heavy atom. The Morgan fingerprint density at radius 1 is 1.11 bits per heavy atom. The predicted octanol–water partition coefficient (Wildman–Crippen LogP) is 2.41. The second-order valence-electron chi connectivity index (χ2n) is 5.58. The molecule has 0 aliphatic rings. The Kier molecular flexibility index (Phi) is 15.7. The van der Waals surface area contributed by atoms with Crippen LogP contribution in [-0.2, 0) is 4.74 Å². The van der Waals surface area contributed by atoms with E-state index < -0.39 is 0 Å². The molecule has 0 aliphatic heterocycles. The smallest absolute Gasteiger partial charge is 0.251 e. The van der Waals surface area contributed by atoms with Gasteiger partial charge in [-0.15, -0.1) is 24.0 Å². The summed E-state index contributed by atoms with van der Waals surface area (Å²) in [5, 5.41) is 9.30. The Labute approximate surface area is 179 Å². The lowest BCUT2D eigenvalue weighted by Crippen LogP contribution is -2.41. The van der Waals surface area contributed by atoms with Gasteiger partial charge in [-0.25, -0.2) is 0 Å². The minimum absolute atomic E-state index is 0. The van der Waals surface area contributed by atoms with Crippen LogP contribution in [0.5, 0.6) is 5.75 Å². The highest BCUT2D eigenvalue weighted by molar-refractivity contribution is 14.0. The molecule has 0 fully saturated rings. The first-order chi connectivity index (χ1) is 12.7. The van der Waals surface area contributed by atoms with Gasteiger partial charge in [0.1, 0.15) is 5.75 Å². The van der Waals surface area contributed by atoms with Gasteiger partial charge in [-0.2, -0.15) is 0 Å². The number of nitrogens with zero attached hydrogens (tertiary/aromatic N) is 1. The zero-order valence-corrected chi connectivity index (χ0v) is 18.9. The molecule has 8 heteroatoms. The molecule has 0 saturated heterocycles. The molecule has 0 aliphatic carbocycles. The van der Waals surface area contributed by atoms with Crippen LogP contribution >= 0.6 is 24.0 Å². The highest BCUT2D eigenvalue weighted by Crippen LogP contribution is 2.12. The van der Waals surface area contributed by atoms with Crippen LogP contribution in [0.25, 0.3) is 0 Å². The minimum atomic E-state index is -0.122. The molecule has 0 saturated carbocycles. The molecule has 0 aromatic heterocycles. The van der Waals surface area contributed by atoms with Gasteiger partial charge in [-0.1, -0.05) is 6.07 Å². The van der Waals surface area contributed by atoms with Crippen molar-refractivity contribution in [2.45, 2.75) is 26.7 Å². The number of nitrogens with one attached hydrogen (secondary N) is 3. The van der Waals surface area contributed by atoms with Gasteiger partial charge < -0.3 is 25.4 Å². The van der Waals surface area contributed by atoms with E-state index in [-0.39, 0.29) is 29.9 Å². The molecule has 7 nitrogen and oxygen atoms in total. The van der Waals surface area contributed by atoms with Crippen LogP contribution in [0.15, 0.2) is 29.3 Å². The summed E-state index contributed by atoms with van der Waals surface area (Å²) < 4.78 is 10.4. The summed E-state index contributed by atoms with van der Waals surface area (Å²) in [6, 6.07) is 7.09. The van der Waals surface area contributed by atoms with Crippen LogP contribution in [0.1, 0.15) is 37.0 Å². The molecule has 0 radical (unpaired) electrons. The maximum Gasteiger partial charge on any atom is 0.251 e. The number of hydrogen-bond donors (Lipinski definition) is 3. The maximum absolute atomic E-state index is 12.1. The number of methoxy groups -OCH3 is 1. The fraction of sp³-hybridized carbons (Fsp3) is 0.579. The second-order valence-corrected chi connectivity index (χ2v) is 5.58. The highest BCUT2D eigenvalue weighted by Gasteiger charge is 2.06. The van der Waals surface area contributed by atoms with Crippen LogP contribution in [-0.4, -0.2) is 58.4 Å². The minimum Gasteiger partial charge on any atom is -0.497 e. The summed E-state index contributed by atoms with van der Waals surface area (Å²) >= 11 is 0. The van der Waals surface area contributed by atoms with Crippen molar-refractivity contribution in [3.8, 4) is 5.75 Å². The van der Waals surface area contributed by atoms with E-state index in [4.69, 9.17) is 9.47 Å². The molecule has 1 amide bonds. The van der Waals surface area contributed by atoms with Crippen LogP contribution in [0, 0.1) is 0 Å². The number of amides is 1. The van der Waals surface area contributed by atoms with Crippen molar-refractivity contribution in [3.63, 3.8) is 0 Å². The van der Waals surface area contributed by atoms with Gasteiger partial charge in [0.05, 0.1) is 7.11 Å². The highest BCUT2D eigenvalue weighted by atomic mass is 127. The fourth-order valence-corrected chi connectivity index (χ4v) is 2.22. The van der Waals surface area contributed by atoms with Crippen LogP contribution in [0.4, 0.5) is 0 Å². The van der Waals surface area contributed by atoms with Crippen LogP contribution < -0.4 is 20.7 Å². The first-order valence-corrected chi connectivity index (χ1v) is 9.23. The first-order valence-electron chi connectivity index (χ1n) is 9.23. The van der Waals surface area contributed by atoms with E-state index in [0.717, 1.165) is 45.1 Å². The number of carbonyl (C=O) groups is 1. The summed E-state index contributed by atoms with van der Waals surface area (Å²) in [4.78, 5) is 16.6. The van der Waals surface area contributed by atoms with Gasteiger partial charge in [0.2, 0.25) is 0 Å². The van der Waals surface area contributed by atoms with Gasteiger partial charge in [0.15, 0.2) is 5.96 Å². The number of benzene rings is 1. The predicted molar refractivity (Wildman–Crippen MR) is 120 cm³/mol. The Balaban J connectivity index is 0.00000676. The summed E-state index contributed by atoms with van der Waals surface area (Å²) in [7, 11) is 1.58. The van der Waals surface area contributed by atoms with Crippen molar-refractivity contribution < 1.29 is 14.3 Å². The van der Waals surface area contributed by atoms with Crippen molar-refractivity contribution in [1.29, 1.82) is 0 Å². The lowest BCUT2D eigenvalue weighted by atomic mass is 10.2. The number of aliphatic imine (C=N–C) groups is 1. The number of guanidine groups is 1. The van der Waals surface area contributed by atoms with Crippen molar-refractivity contribution in [2.75, 3.05) is 46.5 Å². The van der Waals surface area contributed by atoms with E-state index in [0.29, 0.717) is 24.4 Å². The number of unbranched alkanes of at least 4 members (excludes halogenated alkanes) is 1. The molecule has 27 heavy (non-hydrogen) atoms. The van der Waals surface area contributed by atoms with Gasteiger partial charge in [-0.05, 0) is 44.9 Å². The molecule has 1 aromatic carbocycles. The van der Waals surface area contributed by atoms with Crippen molar-refractivity contribution in [3.05, 3.63) is 29.8 Å². The molecule has 0 heterocycles. The third-order valence-electron chi connectivity index (χ3n) is 3.55. The summed E-state index contributed by atoms with van der Waals surface area (Å²) in [6.45, 7) is 8.21. The summed E-state index contributed by atoms with van der Waals surface area (Å²) in [5.74, 6) is 1.31. The molecule has 0 unspecified atom stereocenters. The zero-order chi connectivity index (χ0) is 19.0. The second kappa shape index (κ2) is 16.6. The average molecular weight is 492 g/mol. The maximum atomic E-state index is 12.1. The monoisotopic (exact) mass is 492 g/mol. The molecule has 1 rings (SSSR count). The van der Waals surface area contributed by atoms with E-state index in [1.807, 2.05) is 19.9 Å². The van der Waals surface area contributed by atoms with E-state index in [1.165, 1.54) is 0 Å². The lowest BCUT2D eigenvalue weighted by Gasteiger charge is -2.12. The average Bonchev–Trinajstić information content (AvgIpc) is 2.67. The van der Waals surface area contributed by atoms with Gasteiger partial charge in [0, 0.05) is 45.0 Å². The Morgan fingerprint density at radius 2 is 1.89 bits per heavy atom. The van der Waals surface area contributed by atoms with Crippen LogP contribution in [0.2, 0.25) is 0 Å². The first kappa shape index (κ1) is 25.4. The van der Waals surface area contributed by atoms with E-state index in [2.05, 4.69) is 20.9 Å². The SMILES string of the molecule is CCNC(=NCCCCOCC)NCCNC(=O)c1cccc(OC)c1.I. The quantitative estimate of drug-likeness (QED) is 0.181. The number of rotatable bonds is 12. The zero-order valence-electron chi connectivity index (χ0n) is 16.5. The van der Waals surface area contributed by atoms with Gasteiger partial charge >= 0.3 is 0 Å². The molecule has 0 spiro atoms. The third-order valence-corrected chi connectivity index (χ3v) is 3.55. The standard InChI is InChI=1S/C19H32N4O3.HI/c1-4-20-19(22-11-6-7-14-26-5-2)23-13-12-21-18(24)16-9-8-10-17(15-16)25-3;/h8-10,15H,4-7,11-14H2,1-3H3,(H,21,24)(H2,20,22,23);1H. The topological polar surface area (TPSA) is 84.0 Å².